The summed E-state index contributed by atoms with van der Waals surface area (Å²) in [7, 11) is 0. The molecule has 1 N–H and O–H groups in total. The molecule has 156 valence electrons. The van der Waals surface area contributed by atoms with Gasteiger partial charge in [0, 0.05) is 10.3 Å². The highest BCUT2D eigenvalue weighted by Gasteiger charge is 2.21. The standard InChI is InChI=1S/C22H27NO5S/c1-14-8-15(2)10-16(9-14)27-13-20(25)28-12-18(24)19-7-6-17(29-19)11-23-21(26)22(3,4)5/h6-10H,11-13H2,1-5H3,(H,23,26). The molecule has 1 aromatic heterocycles. The highest BCUT2D eigenvalue weighted by atomic mass is 32.1. The smallest absolute Gasteiger partial charge is 0.344 e. The summed E-state index contributed by atoms with van der Waals surface area (Å²) in [6.45, 7) is 9.16. The molecule has 0 bridgehead atoms. The van der Waals surface area contributed by atoms with Gasteiger partial charge >= 0.3 is 5.97 Å². The second kappa shape index (κ2) is 9.69. The van der Waals surface area contributed by atoms with Crippen LogP contribution in [0.25, 0.3) is 0 Å². The van der Waals surface area contributed by atoms with E-state index >= 15 is 0 Å². The average Bonchev–Trinajstić information content (AvgIpc) is 3.10. The normalized spacial score (nSPS) is 11.1. The molecule has 0 fully saturated rings. The van der Waals surface area contributed by atoms with Gasteiger partial charge < -0.3 is 14.8 Å². The molecule has 0 aliphatic heterocycles. The molecule has 29 heavy (non-hydrogen) atoms. The summed E-state index contributed by atoms with van der Waals surface area (Å²) < 4.78 is 10.4. The van der Waals surface area contributed by atoms with Gasteiger partial charge in [0.25, 0.3) is 0 Å². The Hall–Kier alpha value is -2.67. The molecule has 0 unspecified atom stereocenters. The quantitative estimate of drug-likeness (QED) is 0.521. The summed E-state index contributed by atoms with van der Waals surface area (Å²) in [5.41, 5.74) is 1.61. The zero-order valence-corrected chi connectivity index (χ0v) is 18.3. The fourth-order valence-corrected chi connectivity index (χ4v) is 3.34. The van der Waals surface area contributed by atoms with Gasteiger partial charge in [-0.15, -0.1) is 11.3 Å². The lowest BCUT2D eigenvalue weighted by atomic mass is 9.96. The van der Waals surface area contributed by atoms with Crippen LogP contribution in [0.3, 0.4) is 0 Å². The Labute approximate surface area is 175 Å². The van der Waals surface area contributed by atoms with Crippen LogP contribution in [0, 0.1) is 19.3 Å². The molecule has 7 heteroatoms. The number of Topliss-reactive ketones (excluding diaryl/α,β-unsaturated/α-hetero) is 1. The van der Waals surface area contributed by atoms with E-state index in [1.54, 1.807) is 12.1 Å². The van der Waals surface area contributed by atoms with Crippen molar-refractivity contribution in [2.45, 2.75) is 41.2 Å². The first-order valence-corrected chi connectivity index (χ1v) is 10.1. The Balaban J connectivity index is 1.78. The molecule has 0 radical (unpaired) electrons. The number of amides is 1. The fraction of sp³-hybridized carbons (Fsp3) is 0.409. The number of carbonyl (C=O) groups is 3. The van der Waals surface area contributed by atoms with Gasteiger partial charge in [0.2, 0.25) is 11.7 Å². The maximum Gasteiger partial charge on any atom is 0.344 e. The molecule has 1 aromatic carbocycles. The summed E-state index contributed by atoms with van der Waals surface area (Å²) in [5, 5.41) is 2.84. The Morgan fingerprint density at radius 1 is 1.00 bits per heavy atom. The molecule has 0 atom stereocenters. The number of carbonyl (C=O) groups excluding carboxylic acids is 3. The van der Waals surface area contributed by atoms with Crippen LogP contribution in [0.5, 0.6) is 5.75 Å². The highest BCUT2D eigenvalue weighted by molar-refractivity contribution is 7.14. The van der Waals surface area contributed by atoms with Crippen LogP contribution in [0.2, 0.25) is 0 Å². The summed E-state index contributed by atoms with van der Waals surface area (Å²) in [6.07, 6.45) is 0. The van der Waals surface area contributed by atoms with Gasteiger partial charge in [-0.2, -0.15) is 0 Å². The molecule has 0 aliphatic rings. The molecule has 0 spiro atoms. The van der Waals surface area contributed by atoms with Crippen molar-refractivity contribution in [3.8, 4) is 5.75 Å². The van der Waals surface area contributed by atoms with E-state index in [9.17, 15) is 14.4 Å². The van der Waals surface area contributed by atoms with Crippen molar-refractivity contribution in [1.82, 2.24) is 5.32 Å². The van der Waals surface area contributed by atoms with Crippen molar-refractivity contribution in [2.24, 2.45) is 5.41 Å². The van der Waals surface area contributed by atoms with Crippen LogP contribution in [0.15, 0.2) is 30.3 Å². The predicted molar refractivity (Wildman–Crippen MR) is 112 cm³/mol. The molecule has 0 aliphatic carbocycles. The summed E-state index contributed by atoms with van der Waals surface area (Å²) in [5.74, 6) is -0.364. The lowest BCUT2D eigenvalue weighted by Gasteiger charge is -2.17. The van der Waals surface area contributed by atoms with Gasteiger partial charge in [-0.3, -0.25) is 9.59 Å². The first kappa shape index (κ1) is 22.6. The number of ether oxygens (including phenoxy) is 2. The number of benzene rings is 1. The third-order valence-electron chi connectivity index (χ3n) is 3.96. The van der Waals surface area contributed by atoms with Crippen LogP contribution >= 0.6 is 11.3 Å². The molecule has 2 aromatic rings. The van der Waals surface area contributed by atoms with Crippen LogP contribution in [-0.2, 0) is 20.9 Å². The SMILES string of the molecule is Cc1cc(C)cc(OCC(=O)OCC(=O)c2ccc(CNC(=O)C(C)(C)C)s2)c1. The topological polar surface area (TPSA) is 81.7 Å². The van der Waals surface area contributed by atoms with Crippen molar-refractivity contribution in [3.05, 3.63) is 51.2 Å². The Morgan fingerprint density at radius 3 is 2.28 bits per heavy atom. The molecule has 0 saturated heterocycles. The largest absolute Gasteiger partial charge is 0.482 e. The van der Waals surface area contributed by atoms with E-state index in [1.165, 1.54) is 11.3 Å². The predicted octanol–water partition coefficient (Wildman–Crippen LogP) is 3.83. The van der Waals surface area contributed by atoms with Gasteiger partial charge in [0.05, 0.1) is 11.4 Å². The van der Waals surface area contributed by atoms with Crippen LogP contribution < -0.4 is 10.1 Å². The molecular weight excluding hydrogens is 390 g/mol. The van der Waals surface area contributed by atoms with E-state index in [-0.39, 0.29) is 24.9 Å². The minimum Gasteiger partial charge on any atom is -0.482 e. The zero-order valence-electron chi connectivity index (χ0n) is 17.5. The second-order valence-electron chi connectivity index (χ2n) is 7.89. The maximum absolute atomic E-state index is 12.2. The number of thiophene rings is 1. The average molecular weight is 418 g/mol. The Morgan fingerprint density at radius 2 is 1.66 bits per heavy atom. The fourth-order valence-electron chi connectivity index (χ4n) is 2.47. The van der Waals surface area contributed by atoms with Gasteiger partial charge in [0.15, 0.2) is 13.2 Å². The van der Waals surface area contributed by atoms with Crippen LogP contribution in [0.4, 0.5) is 0 Å². The van der Waals surface area contributed by atoms with Crippen molar-refractivity contribution < 1.29 is 23.9 Å². The van der Waals surface area contributed by atoms with E-state index in [0.29, 0.717) is 17.2 Å². The van der Waals surface area contributed by atoms with Crippen molar-refractivity contribution in [3.63, 3.8) is 0 Å². The molecule has 1 heterocycles. The van der Waals surface area contributed by atoms with Crippen LogP contribution in [-0.4, -0.2) is 30.9 Å². The number of hydrogen-bond donors (Lipinski definition) is 1. The van der Waals surface area contributed by atoms with E-state index in [1.807, 2.05) is 52.8 Å². The van der Waals surface area contributed by atoms with Crippen molar-refractivity contribution in [2.75, 3.05) is 13.2 Å². The number of aryl methyl sites for hydroxylation is 2. The Bertz CT molecular complexity index is 875. The molecule has 6 nitrogen and oxygen atoms in total. The lowest BCUT2D eigenvalue weighted by molar-refractivity contribution is -0.144. The third kappa shape index (κ3) is 7.34. The number of esters is 1. The van der Waals surface area contributed by atoms with Gasteiger partial charge in [-0.1, -0.05) is 26.8 Å². The number of rotatable bonds is 8. The monoisotopic (exact) mass is 417 g/mol. The first-order valence-electron chi connectivity index (χ1n) is 9.31. The van der Waals surface area contributed by atoms with Crippen molar-refractivity contribution >= 4 is 29.0 Å². The van der Waals surface area contributed by atoms with E-state index in [2.05, 4.69) is 5.32 Å². The highest BCUT2D eigenvalue weighted by Crippen LogP contribution is 2.19. The molecule has 1 amide bonds. The van der Waals surface area contributed by atoms with Gasteiger partial charge in [-0.25, -0.2) is 4.79 Å². The third-order valence-corrected chi connectivity index (χ3v) is 5.08. The van der Waals surface area contributed by atoms with E-state index in [4.69, 9.17) is 9.47 Å². The summed E-state index contributed by atoms with van der Waals surface area (Å²) in [6, 6.07) is 9.12. The Kier molecular flexibility index (Phi) is 7.56. The van der Waals surface area contributed by atoms with Crippen LogP contribution in [0.1, 0.15) is 46.4 Å². The van der Waals surface area contributed by atoms with Crippen molar-refractivity contribution in [1.29, 1.82) is 0 Å². The summed E-state index contributed by atoms with van der Waals surface area (Å²) in [4.78, 5) is 37.3. The minimum atomic E-state index is -0.605. The zero-order chi connectivity index (χ0) is 21.6. The van der Waals surface area contributed by atoms with Gasteiger partial charge in [-0.05, 0) is 49.2 Å². The number of hydrogen-bond acceptors (Lipinski definition) is 6. The minimum absolute atomic E-state index is 0.0588. The van der Waals surface area contributed by atoms with E-state index in [0.717, 1.165) is 16.0 Å². The molecule has 0 saturated carbocycles. The number of ketones is 1. The summed E-state index contributed by atoms with van der Waals surface area (Å²) >= 11 is 1.27. The molecular formula is C22H27NO5S. The molecule has 2 rings (SSSR count). The van der Waals surface area contributed by atoms with Gasteiger partial charge in [0.1, 0.15) is 5.75 Å². The maximum atomic E-state index is 12.2. The first-order chi connectivity index (χ1) is 13.5. The lowest BCUT2D eigenvalue weighted by Crippen LogP contribution is -2.34. The number of nitrogens with one attached hydrogen (secondary N) is 1. The van der Waals surface area contributed by atoms with E-state index < -0.39 is 11.4 Å². The second-order valence-corrected chi connectivity index (χ2v) is 9.06.